The highest BCUT2D eigenvalue weighted by Gasteiger charge is 2.10. The molecule has 0 spiro atoms. The zero-order valence-corrected chi connectivity index (χ0v) is 10.4. The fourth-order valence-corrected chi connectivity index (χ4v) is 1.80. The Morgan fingerprint density at radius 3 is 2.65 bits per heavy atom. The lowest BCUT2D eigenvalue weighted by Crippen LogP contribution is -2.04. The summed E-state index contributed by atoms with van der Waals surface area (Å²) >= 11 is 11.7. The van der Waals surface area contributed by atoms with E-state index in [9.17, 15) is 5.11 Å². The summed E-state index contributed by atoms with van der Waals surface area (Å²) in [6.45, 7) is 0. The Labute approximate surface area is 109 Å². The topological polar surface area (TPSA) is 46.0 Å². The SMILES string of the molecule is OC(Cc1ccc(Cl)c(Cl)c1)c1cnccn1. The van der Waals surface area contributed by atoms with Crippen molar-refractivity contribution in [1.29, 1.82) is 0 Å². The van der Waals surface area contributed by atoms with E-state index in [0.29, 0.717) is 22.2 Å². The third-order valence-electron chi connectivity index (χ3n) is 2.34. The molecule has 1 aromatic heterocycles. The van der Waals surface area contributed by atoms with Crippen LogP contribution in [0.25, 0.3) is 0 Å². The highest BCUT2D eigenvalue weighted by Crippen LogP contribution is 2.25. The Hall–Kier alpha value is -1.16. The van der Waals surface area contributed by atoms with Gasteiger partial charge in [-0.25, -0.2) is 0 Å². The summed E-state index contributed by atoms with van der Waals surface area (Å²) in [7, 11) is 0. The van der Waals surface area contributed by atoms with Crippen molar-refractivity contribution in [1.82, 2.24) is 9.97 Å². The van der Waals surface area contributed by atoms with Crippen molar-refractivity contribution in [2.45, 2.75) is 12.5 Å². The van der Waals surface area contributed by atoms with Crippen molar-refractivity contribution >= 4 is 23.2 Å². The van der Waals surface area contributed by atoms with Crippen molar-refractivity contribution in [2.24, 2.45) is 0 Å². The van der Waals surface area contributed by atoms with Gasteiger partial charge in [-0.3, -0.25) is 9.97 Å². The second-order valence-corrected chi connectivity index (χ2v) is 4.41. The van der Waals surface area contributed by atoms with E-state index in [2.05, 4.69) is 9.97 Å². The lowest BCUT2D eigenvalue weighted by Gasteiger charge is -2.10. The molecule has 2 rings (SSSR count). The molecule has 1 unspecified atom stereocenters. The van der Waals surface area contributed by atoms with E-state index in [0.717, 1.165) is 5.56 Å². The molecule has 1 N–H and O–H groups in total. The molecule has 0 fully saturated rings. The zero-order chi connectivity index (χ0) is 12.3. The zero-order valence-electron chi connectivity index (χ0n) is 8.85. The molecule has 3 nitrogen and oxygen atoms in total. The molecule has 88 valence electrons. The van der Waals surface area contributed by atoms with Crippen LogP contribution < -0.4 is 0 Å². The maximum atomic E-state index is 9.96. The third-order valence-corrected chi connectivity index (χ3v) is 3.08. The Balaban J connectivity index is 2.13. The number of hydrogen-bond acceptors (Lipinski definition) is 3. The van der Waals surface area contributed by atoms with Crippen LogP contribution >= 0.6 is 23.2 Å². The highest BCUT2D eigenvalue weighted by molar-refractivity contribution is 6.42. The molecule has 17 heavy (non-hydrogen) atoms. The van der Waals surface area contributed by atoms with Gasteiger partial charge in [0.1, 0.15) is 6.10 Å². The van der Waals surface area contributed by atoms with E-state index in [1.807, 2.05) is 6.07 Å². The lowest BCUT2D eigenvalue weighted by atomic mass is 10.1. The van der Waals surface area contributed by atoms with E-state index in [-0.39, 0.29) is 0 Å². The van der Waals surface area contributed by atoms with E-state index in [4.69, 9.17) is 23.2 Å². The van der Waals surface area contributed by atoms with Crippen LogP contribution in [0.2, 0.25) is 10.0 Å². The van der Waals surface area contributed by atoms with Crippen molar-refractivity contribution < 1.29 is 5.11 Å². The Morgan fingerprint density at radius 2 is 2.00 bits per heavy atom. The molecule has 0 saturated carbocycles. The van der Waals surface area contributed by atoms with Gasteiger partial charge in [-0.2, -0.15) is 0 Å². The van der Waals surface area contributed by atoms with Crippen LogP contribution in [-0.4, -0.2) is 15.1 Å². The normalized spacial score (nSPS) is 12.4. The highest BCUT2D eigenvalue weighted by atomic mass is 35.5. The lowest BCUT2D eigenvalue weighted by molar-refractivity contribution is 0.173. The van der Waals surface area contributed by atoms with Crippen LogP contribution in [0, 0.1) is 0 Å². The molecular formula is C12H10Cl2N2O. The largest absolute Gasteiger partial charge is 0.386 e. The number of rotatable bonds is 3. The number of aromatic nitrogens is 2. The first-order valence-electron chi connectivity index (χ1n) is 5.04. The summed E-state index contributed by atoms with van der Waals surface area (Å²) in [5.74, 6) is 0. The molecule has 0 amide bonds. The minimum absolute atomic E-state index is 0.426. The Kier molecular flexibility index (Phi) is 3.94. The van der Waals surface area contributed by atoms with Crippen LogP contribution in [0.3, 0.4) is 0 Å². The fraction of sp³-hybridized carbons (Fsp3) is 0.167. The number of aliphatic hydroxyl groups is 1. The monoisotopic (exact) mass is 268 g/mol. The first-order chi connectivity index (χ1) is 8.16. The van der Waals surface area contributed by atoms with Crippen molar-refractivity contribution in [3.8, 4) is 0 Å². The first kappa shape index (κ1) is 12.3. The van der Waals surface area contributed by atoms with Crippen LogP contribution in [0.1, 0.15) is 17.4 Å². The maximum absolute atomic E-state index is 9.96. The van der Waals surface area contributed by atoms with E-state index >= 15 is 0 Å². The summed E-state index contributed by atoms with van der Waals surface area (Å²) in [4.78, 5) is 7.95. The summed E-state index contributed by atoms with van der Waals surface area (Å²) in [5.41, 5.74) is 1.44. The number of hydrogen-bond donors (Lipinski definition) is 1. The van der Waals surface area contributed by atoms with Crippen LogP contribution in [0.15, 0.2) is 36.8 Å². The second-order valence-electron chi connectivity index (χ2n) is 3.60. The number of halogens is 2. The minimum atomic E-state index is -0.694. The van der Waals surface area contributed by atoms with Crippen molar-refractivity contribution in [3.05, 3.63) is 58.1 Å². The van der Waals surface area contributed by atoms with Crippen LogP contribution in [0.5, 0.6) is 0 Å². The summed E-state index contributed by atoms with van der Waals surface area (Å²) in [5, 5.41) is 10.9. The van der Waals surface area contributed by atoms with Gasteiger partial charge in [-0.1, -0.05) is 29.3 Å². The minimum Gasteiger partial charge on any atom is -0.386 e. The van der Waals surface area contributed by atoms with Gasteiger partial charge in [0.25, 0.3) is 0 Å². The quantitative estimate of drug-likeness (QED) is 0.931. The summed E-state index contributed by atoms with van der Waals surface area (Å²) in [6.07, 6.45) is 4.39. The maximum Gasteiger partial charge on any atom is 0.102 e. The predicted octanol–water partition coefficient (Wildman–Crippen LogP) is 3.06. The summed E-state index contributed by atoms with van der Waals surface area (Å²) in [6, 6.07) is 5.28. The molecule has 1 heterocycles. The molecule has 0 aliphatic carbocycles. The molecule has 2 aromatic rings. The molecule has 1 atom stereocenters. The van der Waals surface area contributed by atoms with Gasteiger partial charge in [-0.15, -0.1) is 0 Å². The molecule has 5 heteroatoms. The van der Waals surface area contributed by atoms with Crippen LogP contribution in [0.4, 0.5) is 0 Å². The molecule has 0 aliphatic rings. The molecule has 0 bridgehead atoms. The van der Waals surface area contributed by atoms with Crippen molar-refractivity contribution in [2.75, 3.05) is 0 Å². The smallest absolute Gasteiger partial charge is 0.102 e. The van der Waals surface area contributed by atoms with E-state index in [1.54, 1.807) is 30.7 Å². The van der Waals surface area contributed by atoms with Gasteiger partial charge in [0.15, 0.2) is 0 Å². The second kappa shape index (κ2) is 5.45. The van der Waals surface area contributed by atoms with Crippen molar-refractivity contribution in [3.63, 3.8) is 0 Å². The fourth-order valence-electron chi connectivity index (χ4n) is 1.48. The molecule has 0 radical (unpaired) electrons. The van der Waals surface area contributed by atoms with E-state index < -0.39 is 6.10 Å². The average molecular weight is 269 g/mol. The average Bonchev–Trinajstić information content (AvgIpc) is 2.35. The number of nitrogens with zero attached hydrogens (tertiary/aromatic N) is 2. The Bertz CT molecular complexity index is 505. The Morgan fingerprint density at radius 1 is 1.18 bits per heavy atom. The van der Waals surface area contributed by atoms with Gasteiger partial charge in [0, 0.05) is 18.8 Å². The van der Waals surface area contributed by atoms with Gasteiger partial charge in [0.2, 0.25) is 0 Å². The third kappa shape index (κ3) is 3.16. The molecule has 0 saturated heterocycles. The van der Waals surface area contributed by atoms with Gasteiger partial charge in [-0.05, 0) is 17.7 Å². The number of aliphatic hydroxyl groups excluding tert-OH is 1. The number of benzene rings is 1. The van der Waals surface area contributed by atoms with Gasteiger partial charge >= 0.3 is 0 Å². The standard InChI is InChI=1S/C12H10Cl2N2O/c13-9-2-1-8(5-10(9)14)6-12(17)11-7-15-3-4-16-11/h1-5,7,12,17H,6H2. The first-order valence-corrected chi connectivity index (χ1v) is 5.80. The predicted molar refractivity (Wildman–Crippen MR) is 67.2 cm³/mol. The molecule has 1 aromatic carbocycles. The summed E-state index contributed by atoms with van der Waals surface area (Å²) < 4.78 is 0. The van der Waals surface area contributed by atoms with E-state index in [1.165, 1.54) is 0 Å². The molecule has 0 aliphatic heterocycles. The molecular weight excluding hydrogens is 259 g/mol. The van der Waals surface area contributed by atoms with Gasteiger partial charge in [0.05, 0.1) is 21.9 Å². The van der Waals surface area contributed by atoms with Crippen LogP contribution in [-0.2, 0) is 6.42 Å². The van der Waals surface area contributed by atoms with Gasteiger partial charge < -0.3 is 5.11 Å².